The van der Waals surface area contributed by atoms with Crippen LogP contribution in [0, 0.1) is 0 Å². The number of β-amino-alcohol motifs (C(OH)–C–C–N with tert-alkyl or cyclic N) is 1. The Bertz CT molecular complexity index is 325. The smallest absolute Gasteiger partial charge is 0.0806 e. The van der Waals surface area contributed by atoms with Crippen molar-refractivity contribution in [2.24, 2.45) is 0 Å². The van der Waals surface area contributed by atoms with Crippen LogP contribution >= 0.6 is 0 Å². The summed E-state index contributed by atoms with van der Waals surface area (Å²) in [4.78, 5) is 0. The third kappa shape index (κ3) is 1.49. The summed E-state index contributed by atoms with van der Waals surface area (Å²) in [5.74, 6) is -0.174. The maximum atomic E-state index is 9.76. The zero-order chi connectivity index (χ0) is 10.1. The molecule has 3 N–H and O–H groups in total. The molecule has 2 rings (SSSR count). The van der Waals surface area contributed by atoms with E-state index in [1.165, 1.54) is 0 Å². The Morgan fingerprint density at radius 3 is 2.86 bits per heavy atom. The minimum absolute atomic E-state index is 0.174. The monoisotopic (exact) mass is 193 g/mol. The summed E-state index contributed by atoms with van der Waals surface area (Å²) < 4.78 is 0. The molecule has 0 bridgehead atoms. The number of hydrogen-bond acceptors (Lipinski definition) is 3. The molecule has 0 aromatic heterocycles. The molecule has 1 heterocycles. The van der Waals surface area contributed by atoms with E-state index in [0.717, 1.165) is 11.3 Å². The highest BCUT2D eigenvalue weighted by Gasteiger charge is 2.30. The average Bonchev–Trinajstić information content (AvgIpc) is 2.17. The van der Waals surface area contributed by atoms with Crippen LogP contribution in [-0.2, 0) is 0 Å². The van der Waals surface area contributed by atoms with Gasteiger partial charge in [-0.1, -0.05) is 18.2 Å². The second kappa shape index (κ2) is 3.59. The molecule has 0 radical (unpaired) electrons. The summed E-state index contributed by atoms with van der Waals surface area (Å²) in [6, 6.07) is 7.79. The van der Waals surface area contributed by atoms with Gasteiger partial charge in [-0.15, -0.1) is 0 Å². The van der Waals surface area contributed by atoms with E-state index in [2.05, 4.69) is 5.32 Å². The summed E-state index contributed by atoms with van der Waals surface area (Å²) >= 11 is 0. The van der Waals surface area contributed by atoms with Crippen LogP contribution in [0.2, 0.25) is 0 Å². The Hall–Kier alpha value is -1.06. The average molecular weight is 193 g/mol. The van der Waals surface area contributed by atoms with Gasteiger partial charge in [-0.3, -0.25) is 0 Å². The third-order valence-electron chi connectivity index (χ3n) is 2.76. The lowest BCUT2D eigenvalue weighted by Gasteiger charge is -2.33. The molecule has 1 aliphatic rings. The van der Waals surface area contributed by atoms with Crippen molar-refractivity contribution in [3.05, 3.63) is 29.8 Å². The van der Waals surface area contributed by atoms with E-state index in [1.54, 1.807) is 6.92 Å². The summed E-state index contributed by atoms with van der Waals surface area (Å²) in [6.45, 7) is 2.22. The molecule has 0 aliphatic carbocycles. The van der Waals surface area contributed by atoms with Crippen molar-refractivity contribution in [1.29, 1.82) is 0 Å². The van der Waals surface area contributed by atoms with E-state index < -0.39 is 12.2 Å². The van der Waals surface area contributed by atoms with Gasteiger partial charge in [0.05, 0.1) is 12.2 Å². The molecule has 1 unspecified atom stereocenters. The molecule has 0 saturated heterocycles. The Morgan fingerprint density at radius 1 is 1.43 bits per heavy atom. The van der Waals surface area contributed by atoms with Crippen LogP contribution in [0.1, 0.15) is 18.4 Å². The van der Waals surface area contributed by atoms with Gasteiger partial charge >= 0.3 is 0 Å². The van der Waals surface area contributed by atoms with E-state index in [1.807, 2.05) is 24.3 Å². The van der Waals surface area contributed by atoms with Crippen molar-refractivity contribution in [2.75, 3.05) is 11.9 Å². The van der Waals surface area contributed by atoms with E-state index >= 15 is 0 Å². The first-order valence-corrected chi connectivity index (χ1v) is 4.89. The summed E-state index contributed by atoms with van der Waals surface area (Å²) in [5, 5.41) is 22.5. The molecule has 3 nitrogen and oxygen atoms in total. The number of rotatable bonds is 1. The highest BCUT2D eigenvalue weighted by molar-refractivity contribution is 5.55. The molecule has 1 aliphatic heterocycles. The second-order valence-corrected chi connectivity index (χ2v) is 3.80. The topological polar surface area (TPSA) is 52.5 Å². The van der Waals surface area contributed by atoms with E-state index in [0.29, 0.717) is 6.54 Å². The van der Waals surface area contributed by atoms with Gasteiger partial charge in [-0.05, 0) is 18.6 Å². The standard InChI is InChI=1S/C11H15NO2/c1-7(13)11-8-4-2-3-5-9(8)12-6-10(11)14/h2-5,7,10-14H,6H2,1H3/t7-,10+,11?/m0/s1. The molecule has 3 atom stereocenters. The van der Waals surface area contributed by atoms with Crippen molar-refractivity contribution >= 4 is 5.69 Å². The Morgan fingerprint density at radius 2 is 2.14 bits per heavy atom. The van der Waals surface area contributed by atoms with Crippen molar-refractivity contribution in [1.82, 2.24) is 0 Å². The molecule has 14 heavy (non-hydrogen) atoms. The van der Waals surface area contributed by atoms with Gasteiger partial charge in [0.25, 0.3) is 0 Å². The van der Waals surface area contributed by atoms with Gasteiger partial charge in [0.1, 0.15) is 0 Å². The van der Waals surface area contributed by atoms with Crippen molar-refractivity contribution in [3.63, 3.8) is 0 Å². The molecule has 0 fully saturated rings. The van der Waals surface area contributed by atoms with Crippen molar-refractivity contribution < 1.29 is 10.2 Å². The van der Waals surface area contributed by atoms with Gasteiger partial charge in [-0.2, -0.15) is 0 Å². The lowest BCUT2D eigenvalue weighted by Crippen LogP contribution is -2.37. The molecular formula is C11H15NO2. The number of fused-ring (bicyclic) bond motifs is 1. The van der Waals surface area contributed by atoms with Crippen LogP contribution in [0.3, 0.4) is 0 Å². The summed E-state index contributed by atoms with van der Waals surface area (Å²) in [5.41, 5.74) is 2.02. The molecule has 1 aromatic carbocycles. The number of nitrogens with one attached hydrogen (secondary N) is 1. The fraction of sp³-hybridized carbons (Fsp3) is 0.455. The van der Waals surface area contributed by atoms with Gasteiger partial charge in [-0.25, -0.2) is 0 Å². The number of hydrogen-bond donors (Lipinski definition) is 3. The van der Waals surface area contributed by atoms with Crippen LogP contribution in [0.4, 0.5) is 5.69 Å². The van der Waals surface area contributed by atoms with Crippen LogP contribution < -0.4 is 5.32 Å². The van der Waals surface area contributed by atoms with Gasteiger partial charge in [0.2, 0.25) is 0 Å². The SMILES string of the molecule is C[C@H](O)C1c2ccccc2NC[C@H]1O. The number of anilines is 1. The lowest BCUT2D eigenvalue weighted by atomic mass is 9.85. The molecule has 3 heteroatoms. The molecule has 0 saturated carbocycles. The highest BCUT2D eigenvalue weighted by atomic mass is 16.3. The summed E-state index contributed by atoms with van der Waals surface area (Å²) in [7, 11) is 0. The minimum Gasteiger partial charge on any atom is -0.393 e. The van der Waals surface area contributed by atoms with Crippen molar-refractivity contribution in [3.8, 4) is 0 Å². The number of para-hydroxylation sites is 1. The zero-order valence-electron chi connectivity index (χ0n) is 8.14. The van der Waals surface area contributed by atoms with E-state index in [4.69, 9.17) is 0 Å². The second-order valence-electron chi connectivity index (χ2n) is 3.80. The predicted molar refractivity (Wildman–Crippen MR) is 55.4 cm³/mol. The minimum atomic E-state index is -0.520. The quantitative estimate of drug-likeness (QED) is 0.622. The third-order valence-corrected chi connectivity index (χ3v) is 2.76. The zero-order valence-corrected chi connectivity index (χ0v) is 8.14. The molecule has 0 amide bonds. The highest BCUT2D eigenvalue weighted by Crippen LogP contribution is 2.33. The first-order chi connectivity index (χ1) is 6.70. The van der Waals surface area contributed by atoms with E-state index in [9.17, 15) is 10.2 Å². The van der Waals surface area contributed by atoms with Crippen LogP contribution in [0.25, 0.3) is 0 Å². The molecule has 1 aromatic rings. The number of benzene rings is 1. The molecule has 0 spiro atoms. The molecular weight excluding hydrogens is 178 g/mol. The maximum absolute atomic E-state index is 9.76. The first-order valence-electron chi connectivity index (χ1n) is 4.89. The van der Waals surface area contributed by atoms with Crippen LogP contribution in [-0.4, -0.2) is 29.0 Å². The van der Waals surface area contributed by atoms with Gasteiger partial charge < -0.3 is 15.5 Å². The van der Waals surface area contributed by atoms with Gasteiger partial charge in [0, 0.05) is 18.2 Å². The Kier molecular flexibility index (Phi) is 2.44. The van der Waals surface area contributed by atoms with Crippen LogP contribution in [0.5, 0.6) is 0 Å². The number of aliphatic hydroxyl groups excluding tert-OH is 2. The molecule has 76 valence electrons. The van der Waals surface area contributed by atoms with Crippen molar-refractivity contribution in [2.45, 2.75) is 25.0 Å². The first kappa shape index (κ1) is 9.49. The van der Waals surface area contributed by atoms with Crippen LogP contribution in [0.15, 0.2) is 24.3 Å². The Balaban J connectivity index is 2.41. The fourth-order valence-corrected chi connectivity index (χ4v) is 2.08. The normalized spacial score (nSPS) is 27.6. The maximum Gasteiger partial charge on any atom is 0.0806 e. The number of aliphatic hydroxyl groups is 2. The van der Waals surface area contributed by atoms with E-state index in [-0.39, 0.29) is 5.92 Å². The largest absolute Gasteiger partial charge is 0.393 e. The fourth-order valence-electron chi connectivity index (χ4n) is 2.08. The Labute approximate surface area is 83.4 Å². The lowest BCUT2D eigenvalue weighted by molar-refractivity contribution is 0.0667. The van der Waals surface area contributed by atoms with Gasteiger partial charge in [0.15, 0.2) is 0 Å². The summed E-state index contributed by atoms with van der Waals surface area (Å²) in [6.07, 6.45) is -1.03. The predicted octanol–water partition coefficient (Wildman–Crippen LogP) is 0.937.